The number of hydrogen-bond donors (Lipinski definition) is 1. The van der Waals surface area contributed by atoms with Gasteiger partial charge in [-0.15, -0.1) is 0 Å². The van der Waals surface area contributed by atoms with E-state index in [0.29, 0.717) is 5.88 Å². The Labute approximate surface area is 126 Å². The first kappa shape index (κ1) is 14.2. The average Bonchev–Trinajstić information content (AvgIpc) is 2.91. The van der Waals surface area contributed by atoms with Crippen molar-refractivity contribution < 1.29 is 4.74 Å². The molecule has 5 heteroatoms. The van der Waals surface area contributed by atoms with Gasteiger partial charge in [0.2, 0.25) is 5.88 Å². The molecule has 2 aliphatic rings. The highest BCUT2D eigenvalue weighted by molar-refractivity contribution is 5.80. The second kappa shape index (κ2) is 6.78. The van der Waals surface area contributed by atoms with Crippen LogP contribution in [0.5, 0.6) is 5.88 Å². The van der Waals surface area contributed by atoms with Crippen molar-refractivity contribution in [2.24, 2.45) is 10.9 Å². The molecule has 1 atom stereocenters. The topological polar surface area (TPSA) is 49.8 Å². The van der Waals surface area contributed by atoms with Crippen molar-refractivity contribution in [3.05, 3.63) is 24.4 Å². The molecule has 2 fully saturated rings. The molecule has 1 aliphatic carbocycles. The summed E-state index contributed by atoms with van der Waals surface area (Å²) in [4.78, 5) is 10.9. The Morgan fingerprint density at radius 3 is 3.00 bits per heavy atom. The molecule has 1 N–H and O–H groups in total. The van der Waals surface area contributed by atoms with Crippen LogP contribution in [0, 0.1) is 5.92 Å². The third-order valence-electron chi connectivity index (χ3n) is 4.36. The van der Waals surface area contributed by atoms with Crippen LogP contribution in [0.15, 0.2) is 29.4 Å². The molecular weight excluding hydrogens is 264 g/mol. The summed E-state index contributed by atoms with van der Waals surface area (Å²) < 4.78 is 5.92. The molecule has 1 aromatic heterocycles. The highest BCUT2D eigenvalue weighted by Crippen LogP contribution is 2.25. The maximum atomic E-state index is 5.92. The van der Waals surface area contributed by atoms with Crippen molar-refractivity contribution in [2.45, 2.75) is 31.8 Å². The van der Waals surface area contributed by atoms with Crippen molar-refractivity contribution in [3.8, 4) is 5.88 Å². The van der Waals surface area contributed by atoms with Crippen molar-refractivity contribution >= 4 is 5.96 Å². The van der Waals surface area contributed by atoms with E-state index in [-0.39, 0.29) is 6.10 Å². The molecule has 0 amide bonds. The Morgan fingerprint density at radius 1 is 1.43 bits per heavy atom. The molecule has 21 heavy (non-hydrogen) atoms. The van der Waals surface area contributed by atoms with E-state index in [0.717, 1.165) is 37.9 Å². The van der Waals surface area contributed by atoms with Crippen molar-refractivity contribution in [1.29, 1.82) is 0 Å². The highest BCUT2D eigenvalue weighted by Gasteiger charge is 2.27. The maximum absolute atomic E-state index is 5.92. The van der Waals surface area contributed by atoms with E-state index in [1.54, 1.807) is 6.20 Å². The van der Waals surface area contributed by atoms with Crippen molar-refractivity contribution in [1.82, 2.24) is 15.2 Å². The van der Waals surface area contributed by atoms with Gasteiger partial charge in [-0.05, 0) is 24.8 Å². The predicted octanol–water partition coefficient (Wildman–Crippen LogP) is 1.91. The first-order chi connectivity index (χ1) is 10.3. The number of ether oxygens (including phenoxy) is 1. The normalized spacial score (nSPS) is 23.0. The second-order valence-electron chi connectivity index (χ2n) is 5.87. The van der Waals surface area contributed by atoms with Crippen LogP contribution >= 0.6 is 0 Å². The standard InChI is InChI=1S/C16H24N4O/c1-17-16(19-11-13-5-4-6-13)20-10-8-14(12-20)21-15-7-2-3-9-18-15/h2-3,7,9,13-14H,4-6,8,10-12H2,1H3,(H,17,19). The van der Waals surface area contributed by atoms with Crippen LogP contribution in [0.1, 0.15) is 25.7 Å². The molecule has 1 aromatic rings. The number of rotatable bonds is 4. The minimum Gasteiger partial charge on any atom is -0.472 e. The molecule has 0 spiro atoms. The smallest absolute Gasteiger partial charge is 0.213 e. The number of pyridine rings is 1. The molecule has 0 aromatic carbocycles. The Kier molecular flexibility index (Phi) is 4.58. The Balaban J connectivity index is 1.48. The monoisotopic (exact) mass is 288 g/mol. The number of likely N-dealkylation sites (tertiary alicyclic amines) is 1. The van der Waals surface area contributed by atoms with Gasteiger partial charge in [-0.2, -0.15) is 0 Å². The lowest BCUT2D eigenvalue weighted by Gasteiger charge is -2.28. The third-order valence-corrected chi connectivity index (χ3v) is 4.36. The molecule has 1 unspecified atom stereocenters. The summed E-state index contributed by atoms with van der Waals surface area (Å²) in [6.07, 6.45) is 7.07. The fourth-order valence-electron chi connectivity index (χ4n) is 2.87. The first-order valence-corrected chi connectivity index (χ1v) is 7.88. The maximum Gasteiger partial charge on any atom is 0.213 e. The zero-order valence-electron chi connectivity index (χ0n) is 12.7. The van der Waals surface area contributed by atoms with Crippen LogP contribution in [0.2, 0.25) is 0 Å². The number of nitrogens with one attached hydrogen (secondary N) is 1. The van der Waals surface area contributed by atoms with Gasteiger partial charge in [-0.1, -0.05) is 12.5 Å². The van der Waals surface area contributed by atoms with Crippen LogP contribution in [-0.2, 0) is 0 Å². The van der Waals surface area contributed by atoms with Gasteiger partial charge in [-0.3, -0.25) is 4.99 Å². The third kappa shape index (κ3) is 3.65. The largest absolute Gasteiger partial charge is 0.472 e. The molecule has 3 rings (SSSR count). The van der Waals surface area contributed by atoms with Gasteiger partial charge in [0.25, 0.3) is 0 Å². The SMILES string of the molecule is CN=C(NCC1CCC1)N1CCC(Oc2ccccn2)C1. The number of aromatic nitrogens is 1. The summed E-state index contributed by atoms with van der Waals surface area (Å²) in [7, 11) is 1.86. The van der Waals surface area contributed by atoms with E-state index in [9.17, 15) is 0 Å². The van der Waals surface area contributed by atoms with Gasteiger partial charge in [0.15, 0.2) is 5.96 Å². The van der Waals surface area contributed by atoms with Gasteiger partial charge < -0.3 is 15.0 Å². The van der Waals surface area contributed by atoms with Crippen molar-refractivity contribution in [3.63, 3.8) is 0 Å². The molecule has 0 radical (unpaired) electrons. The minimum absolute atomic E-state index is 0.196. The number of nitrogens with zero attached hydrogens (tertiary/aromatic N) is 3. The lowest BCUT2D eigenvalue weighted by atomic mass is 9.85. The lowest BCUT2D eigenvalue weighted by molar-refractivity contribution is 0.205. The summed E-state index contributed by atoms with van der Waals surface area (Å²) in [6, 6.07) is 5.76. The van der Waals surface area contributed by atoms with Gasteiger partial charge in [0.05, 0.1) is 6.54 Å². The molecule has 0 bridgehead atoms. The zero-order chi connectivity index (χ0) is 14.5. The summed E-state index contributed by atoms with van der Waals surface area (Å²) in [5.74, 6) is 2.56. The summed E-state index contributed by atoms with van der Waals surface area (Å²) in [5, 5.41) is 3.50. The second-order valence-corrected chi connectivity index (χ2v) is 5.87. The van der Waals surface area contributed by atoms with Crippen LogP contribution in [-0.4, -0.2) is 48.6 Å². The molecule has 2 heterocycles. The van der Waals surface area contributed by atoms with Crippen molar-refractivity contribution in [2.75, 3.05) is 26.7 Å². The summed E-state index contributed by atoms with van der Waals surface area (Å²) >= 11 is 0. The van der Waals surface area contributed by atoms with Gasteiger partial charge in [-0.25, -0.2) is 4.98 Å². The predicted molar refractivity (Wildman–Crippen MR) is 83.5 cm³/mol. The molecule has 1 saturated heterocycles. The summed E-state index contributed by atoms with van der Waals surface area (Å²) in [5.41, 5.74) is 0. The van der Waals surface area contributed by atoms with Gasteiger partial charge >= 0.3 is 0 Å². The Morgan fingerprint density at radius 2 is 2.33 bits per heavy atom. The van der Waals surface area contributed by atoms with Crippen LogP contribution in [0.3, 0.4) is 0 Å². The van der Waals surface area contributed by atoms with Crippen LogP contribution < -0.4 is 10.1 Å². The van der Waals surface area contributed by atoms with E-state index >= 15 is 0 Å². The van der Waals surface area contributed by atoms with E-state index in [1.165, 1.54) is 19.3 Å². The molecule has 1 aliphatic heterocycles. The van der Waals surface area contributed by atoms with E-state index in [2.05, 4.69) is 20.2 Å². The Hall–Kier alpha value is -1.78. The van der Waals surface area contributed by atoms with E-state index in [1.807, 2.05) is 25.2 Å². The van der Waals surface area contributed by atoms with Gasteiger partial charge in [0, 0.05) is 38.8 Å². The molecular formula is C16H24N4O. The molecule has 114 valence electrons. The first-order valence-electron chi connectivity index (χ1n) is 7.88. The highest BCUT2D eigenvalue weighted by atomic mass is 16.5. The number of aliphatic imine (C=N–C) groups is 1. The van der Waals surface area contributed by atoms with E-state index in [4.69, 9.17) is 4.74 Å². The Bertz CT molecular complexity index is 472. The quantitative estimate of drug-likeness (QED) is 0.679. The fraction of sp³-hybridized carbons (Fsp3) is 0.625. The molecule has 5 nitrogen and oxygen atoms in total. The molecule has 1 saturated carbocycles. The van der Waals surface area contributed by atoms with Crippen LogP contribution in [0.25, 0.3) is 0 Å². The van der Waals surface area contributed by atoms with E-state index < -0.39 is 0 Å². The van der Waals surface area contributed by atoms with Crippen LogP contribution in [0.4, 0.5) is 0 Å². The fourth-order valence-corrected chi connectivity index (χ4v) is 2.87. The summed E-state index contributed by atoms with van der Waals surface area (Å²) in [6.45, 7) is 2.91. The average molecular weight is 288 g/mol. The lowest BCUT2D eigenvalue weighted by Crippen LogP contribution is -2.43. The van der Waals surface area contributed by atoms with Gasteiger partial charge in [0.1, 0.15) is 6.10 Å². The zero-order valence-corrected chi connectivity index (χ0v) is 12.7. The number of guanidine groups is 1. The minimum atomic E-state index is 0.196. The number of hydrogen-bond acceptors (Lipinski definition) is 3.